The molecule has 0 amide bonds. The monoisotopic (exact) mass is 270 g/mol. The summed E-state index contributed by atoms with van der Waals surface area (Å²) in [5.41, 5.74) is 2.10. The van der Waals surface area contributed by atoms with E-state index in [4.69, 9.17) is 9.05 Å². The Hall–Kier alpha value is -0.630. The van der Waals surface area contributed by atoms with Gasteiger partial charge < -0.3 is 9.05 Å². The van der Waals surface area contributed by atoms with Gasteiger partial charge in [-0.05, 0) is 43.9 Å². The summed E-state index contributed by atoms with van der Waals surface area (Å²) in [4.78, 5) is 0. The second-order valence-electron chi connectivity index (χ2n) is 4.38. The second-order valence-corrected chi connectivity index (χ2v) is 6.38. The Balaban J connectivity index is 3.08. The zero-order chi connectivity index (χ0) is 13.6. The lowest BCUT2D eigenvalue weighted by Crippen LogP contribution is -2.15. The number of hydrogen-bond donors (Lipinski definition) is 0. The minimum atomic E-state index is -3.17. The van der Waals surface area contributed by atoms with E-state index in [2.05, 4.69) is 0 Å². The number of hydrogen-bond acceptors (Lipinski definition) is 3. The van der Waals surface area contributed by atoms with Gasteiger partial charge in [0.25, 0.3) is 0 Å². The second kappa shape index (κ2) is 7.08. The van der Waals surface area contributed by atoms with E-state index in [1.807, 2.05) is 45.9 Å². The SMILES string of the molecule is CCCOP(=O)(OCCC)c1cccc(C)c1C. The van der Waals surface area contributed by atoms with Crippen LogP contribution in [0.15, 0.2) is 18.2 Å². The molecule has 0 aliphatic rings. The van der Waals surface area contributed by atoms with E-state index in [-0.39, 0.29) is 0 Å². The minimum absolute atomic E-state index is 0.453. The van der Waals surface area contributed by atoms with Crippen LogP contribution < -0.4 is 5.30 Å². The van der Waals surface area contributed by atoms with Crippen molar-refractivity contribution < 1.29 is 13.6 Å². The van der Waals surface area contributed by atoms with Crippen molar-refractivity contribution in [2.45, 2.75) is 40.5 Å². The zero-order valence-electron chi connectivity index (χ0n) is 11.7. The van der Waals surface area contributed by atoms with Crippen LogP contribution in [0.4, 0.5) is 0 Å². The summed E-state index contributed by atoms with van der Waals surface area (Å²) in [6, 6.07) is 5.74. The normalized spacial score (nSPS) is 11.8. The Morgan fingerprint density at radius 3 is 2.11 bits per heavy atom. The maximum Gasteiger partial charge on any atom is 0.361 e. The molecule has 0 unspecified atom stereocenters. The maximum atomic E-state index is 12.9. The van der Waals surface area contributed by atoms with E-state index >= 15 is 0 Å². The molecule has 18 heavy (non-hydrogen) atoms. The fraction of sp³-hybridized carbons (Fsp3) is 0.571. The molecule has 0 aromatic heterocycles. The lowest BCUT2D eigenvalue weighted by atomic mass is 10.1. The Bertz CT molecular complexity index is 417. The molecule has 0 saturated heterocycles. The smallest absolute Gasteiger partial charge is 0.305 e. The van der Waals surface area contributed by atoms with Crippen molar-refractivity contribution in [2.24, 2.45) is 0 Å². The predicted molar refractivity (Wildman–Crippen MR) is 75.6 cm³/mol. The molecule has 1 rings (SSSR count). The fourth-order valence-corrected chi connectivity index (χ4v) is 3.69. The first-order chi connectivity index (χ1) is 8.55. The van der Waals surface area contributed by atoms with E-state index in [1.165, 1.54) is 0 Å². The molecular weight excluding hydrogens is 247 g/mol. The number of aryl methyl sites for hydroxylation is 1. The van der Waals surface area contributed by atoms with Gasteiger partial charge >= 0.3 is 7.60 Å². The number of benzene rings is 1. The minimum Gasteiger partial charge on any atom is -0.305 e. The summed E-state index contributed by atoms with van der Waals surface area (Å²) < 4.78 is 23.9. The van der Waals surface area contributed by atoms with Gasteiger partial charge in [0, 0.05) is 0 Å². The number of rotatable bonds is 7. The lowest BCUT2D eigenvalue weighted by molar-refractivity contribution is 0.213. The highest BCUT2D eigenvalue weighted by Gasteiger charge is 2.29. The van der Waals surface area contributed by atoms with Crippen LogP contribution in [-0.2, 0) is 13.6 Å². The highest BCUT2D eigenvalue weighted by atomic mass is 31.2. The largest absolute Gasteiger partial charge is 0.361 e. The molecule has 0 spiro atoms. The summed E-state index contributed by atoms with van der Waals surface area (Å²) in [6.45, 7) is 8.86. The van der Waals surface area contributed by atoms with Crippen LogP contribution in [-0.4, -0.2) is 13.2 Å². The van der Waals surface area contributed by atoms with Crippen LogP contribution in [0.25, 0.3) is 0 Å². The molecular formula is C14H23O3P. The van der Waals surface area contributed by atoms with Crippen LogP contribution in [0.2, 0.25) is 0 Å². The lowest BCUT2D eigenvalue weighted by Gasteiger charge is -2.20. The van der Waals surface area contributed by atoms with E-state index in [0.29, 0.717) is 18.5 Å². The molecule has 1 aromatic carbocycles. The topological polar surface area (TPSA) is 35.5 Å². The first kappa shape index (κ1) is 15.4. The zero-order valence-corrected chi connectivity index (χ0v) is 12.6. The summed E-state index contributed by atoms with van der Waals surface area (Å²) in [7, 11) is -3.17. The van der Waals surface area contributed by atoms with E-state index in [9.17, 15) is 4.57 Å². The van der Waals surface area contributed by atoms with Gasteiger partial charge in [-0.25, -0.2) is 0 Å². The molecule has 0 aliphatic heterocycles. The summed E-state index contributed by atoms with van der Waals surface area (Å²) in [5.74, 6) is 0. The standard InChI is InChI=1S/C14H23O3P/c1-5-10-16-18(15,17-11-6-2)14-9-7-8-12(3)13(14)4/h7-9H,5-6,10-11H2,1-4H3. The molecule has 0 N–H and O–H groups in total. The van der Waals surface area contributed by atoms with Crippen molar-refractivity contribution in [3.63, 3.8) is 0 Å². The average molecular weight is 270 g/mol. The van der Waals surface area contributed by atoms with Crippen LogP contribution in [0.3, 0.4) is 0 Å². The molecule has 3 nitrogen and oxygen atoms in total. The van der Waals surface area contributed by atoms with E-state index < -0.39 is 7.60 Å². The molecule has 0 atom stereocenters. The Morgan fingerprint density at radius 1 is 1.06 bits per heavy atom. The van der Waals surface area contributed by atoms with Gasteiger partial charge in [-0.2, -0.15) is 0 Å². The van der Waals surface area contributed by atoms with Crippen LogP contribution in [0.5, 0.6) is 0 Å². The molecule has 1 aromatic rings. The third-order valence-electron chi connectivity index (χ3n) is 2.80. The van der Waals surface area contributed by atoms with Gasteiger partial charge in [-0.3, -0.25) is 4.57 Å². The molecule has 4 heteroatoms. The molecule has 0 bridgehead atoms. The first-order valence-electron chi connectivity index (χ1n) is 6.51. The van der Waals surface area contributed by atoms with E-state index in [1.54, 1.807) is 0 Å². The van der Waals surface area contributed by atoms with E-state index in [0.717, 1.165) is 24.0 Å². The van der Waals surface area contributed by atoms with Crippen LogP contribution >= 0.6 is 7.60 Å². The van der Waals surface area contributed by atoms with Crippen molar-refractivity contribution >= 4 is 12.9 Å². The van der Waals surface area contributed by atoms with Gasteiger partial charge in [0.15, 0.2) is 0 Å². The van der Waals surface area contributed by atoms with Gasteiger partial charge in [0.05, 0.1) is 18.5 Å². The molecule has 0 heterocycles. The Labute approximate surface area is 110 Å². The van der Waals surface area contributed by atoms with Gasteiger partial charge in [0.1, 0.15) is 0 Å². The van der Waals surface area contributed by atoms with Gasteiger partial charge in [-0.15, -0.1) is 0 Å². The molecule has 0 aliphatic carbocycles. The van der Waals surface area contributed by atoms with Crippen molar-refractivity contribution in [2.75, 3.05) is 13.2 Å². The third kappa shape index (κ3) is 3.68. The van der Waals surface area contributed by atoms with Crippen molar-refractivity contribution in [1.82, 2.24) is 0 Å². The Morgan fingerprint density at radius 2 is 1.61 bits per heavy atom. The molecule has 0 radical (unpaired) electrons. The quantitative estimate of drug-likeness (QED) is 0.703. The molecule has 0 fully saturated rings. The van der Waals surface area contributed by atoms with Gasteiger partial charge in [0.2, 0.25) is 0 Å². The third-order valence-corrected chi connectivity index (χ3v) is 4.92. The molecule has 102 valence electrons. The summed E-state index contributed by atoms with van der Waals surface area (Å²) in [5, 5.41) is 0.699. The van der Waals surface area contributed by atoms with Crippen molar-refractivity contribution in [3.05, 3.63) is 29.3 Å². The maximum absolute atomic E-state index is 12.9. The van der Waals surface area contributed by atoms with Crippen LogP contribution in [0, 0.1) is 13.8 Å². The van der Waals surface area contributed by atoms with Crippen molar-refractivity contribution in [1.29, 1.82) is 0 Å². The predicted octanol–water partition coefficient (Wildman–Crippen LogP) is 3.98. The Kier molecular flexibility index (Phi) is 6.07. The fourth-order valence-electron chi connectivity index (χ4n) is 1.63. The first-order valence-corrected chi connectivity index (χ1v) is 8.05. The highest BCUT2D eigenvalue weighted by Crippen LogP contribution is 2.48. The van der Waals surface area contributed by atoms with Gasteiger partial charge in [-0.1, -0.05) is 26.0 Å². The summed E-state index contributed by atoms with van der Waals surface area (Å²) >= 11 is 0. The average Bonchev–Trinajstić information content (AvgIpc) is 2.37. The highest BCUT2D eigenvalue weighted by molar-refractivity contribution is 7.62. The van der Waals surface area contributed by atoms with Crippen LogP contribution in [0.1, 0.15) is 37.8 Å². The summed E-state index contributed by atoms with van der Waals surface area (Å²) in [6.07, 6.45) is 1.65. The molecule has 0 saturated carbocycles. The van der Waals surface area contributed by atoms with Crippen molar-refractivity contribution in [3.8, 4) is 0 Å².